The summed E-state index contributed by atoms with van der Waals surface area (Å²) in [5.41, 5.74) is 0.768. The Labute approximate surface area is 131 Å². The van der Waals surface area contributed by atoms with Crippen molar-refractivity contribution < 1.29 is 5.11 Å². The summed E-state index contributed by atoms with van der Waals surface area (Å²) in [6.07, 6.45) is 5.31. The van der Waals surface area contributed by atoms with E-state index >= 15 is 0 Å². The number of aliphatic hydroxyl groups is 1. The molecule has 1 saturated heterocycles. The van der Waals surface area contributed by atoms with Crippen molar-refractivity contribution in [2.75, 3.05) is 24.6 Å². The molecular weight excluding hydrogens is 276 g/mol. The van der Waals surface area contributed by atoms with Crippen LogP contribution in [-0.2, 0) is 0 Å². The van der Waals surface area contributed by atoms with Crippen molar-refractivity contribution >= 4 is 5.82 Å². The molecule has 5 heteroatoms. The van der Waals surface area contributed by atoms with E-state index in [2.05, 4.69) is 27.0 Å². The van der Waals surface area contributed by atoms with Gasteiger partial charge in [0.15, 0.2) is 0 Å². The standard InChI is InChI=1S/C17H22N4O/c1-12-19-14(13-2-3-13)8-15(20-12)21-6-4-16(5-7-21)9-17(16,10-18)11-22/h8,13,22H,2-7,9,11H2,1H3. The van der Waals surface area contributed by atoms with E-state index in [1.165, 1.54) is 18.5 Å². The highest BCUT2D eigenvalue weighted by molar-refractivity contribution is 5.43. The maximum atomic E-state index is 9.54. The van der Waals surface area contributed by atoms with Crippen LogP contribution in [0.2, 0.25) is 0 Å². The lowest BCUT2D eigenvalue weighted by Gasteiger charge is -2.34. The summed E-state index contributed by atoms with van der Waals surface area (Å²) >= 11 is 0. The molecule has 1 unspecified atom stereocenters. The number of hydrogen-bond acceptors (Lipinski definition) is 5. The lowest BCUT2D eigenvalue weighted by Crippen LogP contribution is -2.37. The van der Waals surface area contributed by atoms with E-state index in [0.717, 1.165) is 44.0 Å². The molecule has 0 bridgehead atoms. The first-order chi connectivity index (χ1) is 10.6. The first-order valence-electron chi connectivity index (χ1n) is 8.24. The molecule has 0 amide bonds. The lowest BCUT2D eigenvalue weighted by atomic mass is 9.85. The van der Waals surface area contributed by atoms with Gasteiger partial charge in [-0.25, -0.2) is 9.97 Å². The topological polar surface area (TPSA) is 73.0 Å². The van der Waals surface area contributed by atoms with E-state index < -0.39 is 5.41 Å². The SMILES string of the molecule is Cc1nc(C2CC2)cc(N2CCC3(CC2)CC3(C#N)CO)n1. The van der Waals surface area contributed by atoms with Gasteiger partial charge in [-0.05, 0) is 44.4 Å². The van der Waals surface area contributed by atoms with Gasteiger partial charge in [-0.1, -0.05) is 0 Å². The Morgan fingerprint density at radius 1 is 1.36 bits per heavy atom. The summed E-state index contributed by atoms with van der Waals surface area (Å²) in [7, 11) is 0. The first-order valence-corrected chi connectivity index (χ1v) is 8.24. The van der Waals surface area contributed by atoms with Crippen molar-refractivity contribution in [2.45, 2.75) is 44.9 Å². The van der Waals surface area contributed by atoms with Gasteiger partial charge in [0, 0.05) is 30.8 Å². The Bertz CT molecular complexity index is 641. The number of rotatable bonds is 3. The second-order valence-electron chi connectivity index (χ2n) is 7.27. The Balaban J connectivity index is 1.50. The lowest BCUT2D eigenvalue weighted by molar-refractivity contribution is 0.193. The maximum absolute atomic E-state index is 9.54. The average Bonchev–Trinajstić information content (AvgIpc) is 3.43. The minimum Gasteiger partial charge on any atom is -0.395 e. The molecule has 1 atom stereocenters. The molecule has 1 aromatic heterocycles. The molecule has 1 spiro atoms. The summed E-state index contributed by atoms with van der Waals surface area (Å²) in [6.45, 7) is 3.81. The van der Waals surface area contributed by atoms with Crippen LogP contribution in [-0.4, -0.2) is 34.8 Å². The van der Waals surface area contributed by atoms with Crippen LogP contribution in [0.5, 0.6) is 0 Å². The van der Waals surface area contributed by atoms with Crippen LogP contribution >= 0.6 is 0 Å². The van der Waals surface area contributed by atoms with Crippen molar-refractivity contribution in [3.63, 3.8) is 0 Å². The van der Waals surface area contributed by atoms with E-state index in [1.807, 2.05) is 6.92 Å². The van der Waals surface area contributed by atoms with Gasteiger partial charge < -0.3 is 10.0 Å². The fraction of sp³-hybridized carbons (Fsp3) is 0.706. The zero-order valence-corrected chi connectivity index (χ0v) is 13.0. The zero-order valence-electron chi connectivity index (χ0n) is 13.0. The third-order valence-electron chi connectivity index (χ3n) is 5.90. The van der Waals surface area contributed by atoms with Crippen LogP contribution in [0.25, 0.3) is 0 Å². The summed E-state index contributed by atoms with van der Waals surface area (Å²) in [5, 5.41) is 18.9. The molecule has 1 aliphatic heterocycles. The van der Waals surface area contributed by atoms with Gasteiger partial charge in [0.25, 0.3) is 0 Å². The third kappa shape index (κ3) is 2.01. The molecule has 1 N–H and O–H groups in total. The molecule has 2 heterocycles. The van der Waals surface area contributed by atoms with Crippen LogP contribution in [0.15, 0.2) is 6.07 Å². The summed E-state index contributed by atoms with van der Waals surface area (Å²) in [4.78, 5) is 11.5. The smallest absolute Gasteiger partial charge is 0.132 e. The fourth-order valence-corrected chi connectivity index (χ4v) is 4.09. The molecule has 1 aromatic rings. The minimum absolute atomic E-state index is 0.00193. The van der Waals surface area contributed by atoms with Crippen molar-refractivity contribution in [1.82, 2.24) is 9.97 Å². The highest BCUT2D eigenvalue weighted by Crippen LogP contribution is 2.68. The Hall–Kier alpha value is -1.67. The van der Waals surface area contributed by atoms with Crippen LogP contribution in [0.1, 0.15) is 49.5 Å². The molecule has 5 nitrogen and oxygen atoms in total. The van der Waals surface area contributed by atoms with Crippen LogP contribution < -0.4 is 4.90 Å². The Kier molecular flexibility index (Phi) is 2.96. The number of nitriles is 1. The number of hydrogen-bond donors (Lipinski definition) is 1. The van der Waals surface area contributed by atoms with Gasteiger partial charge in [0.2, 0.25) is 0 Å². The molecular formula is C17H22N4O. The highest BCUT2D eigenvalue weighted by atomic mass is 16.3. The molecule has 2 saturated carbocycles. The molecule has 2 aliphatic carbocycles. The molecule has 3 fully saturated rings. The minimum atomic E-state index is -0.472. The third-order valence-corrected chi connectivity index (χ3v) is 5.90. The monoisotopic (exact) mass is 298 g/mol. The van der Waals surface area contributed by atoms with Crippen LogP contribution in [0, 0.1) is 29.1 Å². The second-order valence-corrected chi connectivity index (χ2v) is 7.27. The van der Waals surface area contributed by atoms with Crippen molar-refractivity contribution in [1.29, 1.82) is 5.26 Å². The van der Waals surface area contributed by atoms with E-state index in [0.29, 0.717) is 5.92 Å². The molecule has 0 radical (unpaired) electrons. The van der Waals surface area contributed by atoms with E-state index in [1.54, 1.807) is 0 Å². The molecule has 3 aliphatic rings. The predicted octanol–water partition coefficient (Wildman–Crippen LogP) is 2.16. The summed E-state index contributed by atoms with van der Waals surface area (Å²) in [6, 6.07) is 4.52. The Morgan fingerprint density at radius 2 is 2.09 bits per heavy atom. The summed E-state index contributed by atoms with van der Waals surface area (Å²) < 4.78 is 0. The largest absolute Gasteiger partial charge is 0.395 e. The molecule has 0 aromatic carbocycles. The quantitative estimate of drug-likeness (QED) is 0.925. The predicted molar refractivity (Wildman–Crippen MR) is 82.4 cm³/mol. The van der Waals surface area contributed by atoms with E-state index in [9.17, 15) is 10.4 Å². The van der Waals surface area contributed by atoms with Gasteiger partial charge in [-0.15, -0.1) is 0 Å². The van der Waals surface area contributed by atoms with Crippen LogP contribution in [0.4, 0.5) is 5.82 Å². The fourth-order valence-electron chi connectivity index (χ4n) is 4.09. The first kappa shape index (κ1) is 14.0. The van der Waals surface area contributed by atoms with Crippen LogP contribution in [0.3, 0.4) is 0 Å². The average molecular weight is 298 g/mol. The van der Waals surface area contributed by atoms with Gasteiger partial charge in [0.05, 0.1) is 18.1 Å². The molecule has 116 valence electrons. The van der Waals surface area contributed by atoms with Crippen molar-refractivity contribution in [3.8, 4) is 6.07 Å². The van der Waals surface area contributed by atoms with Crippen molar-refractivity contribution in [3.05, 3.63) is 17.6 Å². The number of aromatic nitrogens is 2. The molecule has 4 rings (SSSR count). The number of aliphatic hydroxyl groups excluding tert-OH is 1. The second kappa shape index (κ2) is 4.66. The van der Waals surface area contributed by atoms with Gasteiger partial charge in [-0.3, -0.25) is 0 Å². The normalized spacial score (nSPS) is 29.4. The summed E-state index contributed by atoms with van der Waals surface area (Å²) in [5.74, 6) is 2.53. The Morgan fingerprint density at radius 3 is 2.64 bits per heavy atom. The maximum Gasteiger partial charge on any atom is 0.132 e. The van der Waals surface area contributed by atoms with Gasteiger partial charge in [-0.2, -0.15) is 5.26 Å². The van der Waals surface area contributed by atoms with Gasteiger partial charge in [0.1, 0.15) is 11.6 Å². The van der Waals surface area contributed by atoms with Gasteiger partial charge >= 0.3 is 0 Å². The zero-order chi connectivity index (χ0) is 15.4. The van der Waals surface area contributed by atoms with Crippen molar-refractivity contribution in [2.24, 2.45) is 10.8 Å². The van der Waals surface area contributed by atoms with E-state index in [-0.39, 0.29) is 12.0 Å². The number of anilines is 1. The number of aryl methyl sites for hydroxylation is 1. The molecule has 22 heavy (non-hydrogen) atoms. The number of piperidine rings is 1. The van der Waals surface area contributed by atoms with E-state index in [4.69, 9.17) is 0 Å². The number of nitrogens with zero attached hydrogens (tertiary/aromatic N) is 4. The highest BCUT2D eigenvalue weighted by Gasteiger charge is 2.67.